The summed E-state index contributed by atoms with van der Waals surface area (Å²) >= 11 is 1.62. The fraction of sp³-hybridized carbons (Fsp3) is 0.182. The van der Waals surface area contributed by atoms with Crippen LogP contribution in [0.25, 0.3) is 27.6 Å². The van der Waals surface area contributed by atoms with E-state index in [2.05, 4.69) is 50.3 Å². The molecule has 0 amide bonds. The van der Waals surface area contributed by atoms with Gasteiger partial charge in [-0.05, 0) is 59.9 Å². The van der Waals surface area contributed by atoms with Crippen LogP contribution in [0, 0.1) is 5.82 Å². The van der Waals surface area contributed by atoms with E-state index in [0.29, 0.717) is 5.56 Å². The molecular weight excluding hydrogens is 315 g/mol. The van der Waals surface area contributed by atoms with E-state index in [1.165, 1.54) is 5.56 Å². The van der Waals surface area contributed by atoms with E-state index in [1.54, 1.807) is 17.4 Å². The molecule has 122 valence electrons. The molecule has 0 bridgehead atoms. The fourth-order valence-electron chi connectivity index (χ4n) is 2.65. The topological polar surface area (TPSA) is 0 Å². The highest BCUT2D eigenvalue weighted by Crippen LogP contribution is 2.33. The van der Waals surface area contributed by atoms with Crippen LogP contribution in [0.1, 0.15) is 30.7 Å². The Bertz CT molecular complexity index is 841. The zero-order chi connectivity index (χ0) is 16.9. The van der Waals surface area contributed by atoms with E-state index < -0.39 is 0 Å². The molecule has 0 radical (unpaired) electrons. The van der Waals surface area contributed by atoms with E-state index in [-0.39, 0.29) is 5.82 Å². The number of thiophene rings is 1. The van der Waals surface area contributed by atoms with Gasteiger partial charge in [-0.25, -0.2) is 4.39 Å². The molecule has 0 aliphatic rings. The molecule has 0 aliphatic carbocycles. The van der Waals surface area contributed by atoms with Crippen molar-refractivity contribution in [1.29, 1.82) is 0 Å². The first-order valence-corrected chi connectivity index (χ1v) is 9.18. The molecule has 0 spiro atoms. The predicted octanol–water partition coefficient (Wildman–Crippen LogP) is 7.21. The van der Waals surface area contributed by atoms with Crippen LogP contribution in [0.5, 0.6) is 0 Å². The zero-order valence-electron chi connectivity index (χ0n) is 14.1. The fourth-order valence-corrected chi connectivity index (χ4v) is 3.61. The second kappa shape index (κ2) is 7.59. The van der Waals surface area contributed by atoms with Gasteiger partial charge in [-0.2, -0.15) is 0 Å². The van der Waals surface area contributed by atoms with Gasteiger partial charge >= 0.3 is 0 Å². The van der Waals surface area contributed by atoms with Crippen molar-refractivity contribution in [1.82, 2.24) is 0 Å². The van der Waals surface area contributed by atoms with Crippen LogP contribution >= 0.6 is 11.3 Å². The van der Waals surface area contributed by atoms with Gasteiger partial charge in [0.15, 0.2) is 0 Å². The van der Waals surface area contributed by atoms with E-state index in [4.69, 9.17) is 0 Å². The van der Waals surface area contributed by atoms with Crippen molar-refractivity contribution in [3.05, 3.63) is 76.9 Å². The minimum absolute atomic E-state index is 0.167. The monoisotopic (exact) mass is 336 g/mol. The third-order valence-corrected chi connectivity index (χ3v) is 5.16. The zero-order valence-corrected chi connectivity index (χ0v) is 14.9. The second-order valence-electron chi connectivity index (χ2n) is 5.76. The van der Waals surface area contributed by atoms with Crippen LogP contribution < -0.4 is 0 Å². The Morgan fingerprint density at radius 1 is 0.917 bits per heavy atom. The second-order valence-corrected chi connectivity index (χ2v) is 6.87. The molecule has 2 heteroatoms. The van der Waals surface area contributed by atoms with Gasteiger partial charge in [0, 0.05) is 15.3 Å². The quantitative estimate of drug-likeness (QED) is 0.462. The molecule has 3 aromatic rings. The molecule has 0 unspecified atom stereocenters. The summed E-state index contributed by atoms with van der Waals surface area (Å²) in [5.41, 5.74) is 3.93. The standard InChI is InChI=1S/C22H21FS/c1-3-5-6-19-12-14-22(24-19)20-13-11-18(15-21(20)23)17-9-7-16(4-2)8-10-17/h5-15H,3-4H2,1-2H3. The molecule has 0 atom stereocenters. The lowest BCUT2D eigenvalue weighted by Crippen LogP contribution is -1.86. The number of allylic oxidation sites excluding steroid dienone is 1. The van der Waals surface area contributed by atoms with Gasteiger partial charge in [-0.1, -0.05) is 50.3 Å². The van der Waals surface area contributed by atoms with Crippen molar-refractivity contribution >= 4 is 17.4 Å². The van der Waals surface area contributed by atoms with Crippen molar-refractivity contribution in [2.24, 2.45) is 0 Å². The Morgan fingerprint density at radius 2 is 1.67 bits per heavy atom. The lowest BCUT2D eigenvalue weighted by atomic mass is 10.0. The average molecular weight is 336 g/mol. The average Bonchev–Trinajstić information content (AvgIpc) is 3.08. The van der Waals surface area contributed by atoms with Gasteiger partial charge in [0.1, 0.15) is 5.82 Å². The molecule has 24 heavy (non-hydrogen) atoms. The van der Waals surface area contributed by atoms with Crippen LogP contribution in [-0.4, -0.2) is 0 Å². The van der Waals surface area contributed by atoms with Gasteiger partial charge < -0.3 is 0 Å². The summed E-state index contributed by atoms with van der Waals surface area (Å²) in [7, 11) is 0. The lowest BCUT2D eigenvalue weighted by Gasteiger charge is -2.06. The van der Waals surface area contributed by atoms with Crippen molar-refractivity contribution in [2.75, 3.05) is 0 Å². The predicted molar refractivity (Wildman–Crippen MR) is 104 cm³/mol. The van der Waals surface area contributed by atoms with Gasteiger partial charge in [0.25, 0.3) is 0 Å². The van der Waals surface area contributed by atoms with Crippen molar-refractivity contribution in [2.45, 2.75) is 26.7 Å². The summed E-state index contributed by atoms with van der Waals surface area (Å²) in [5.74, 6) is -0.167. The minimum Gasteiger partial charge on any atom is -0.206 e. The number of hydrogen-bond acceptors (Lipinski definition) is 1. The Labute approximate surface area is 147 Å². The summed E-state index contributed by atoms with van der Waals surface area (Å²) < 4.78 is 14.6. The number of rotatable bonds is 5. The number of halogens is 1. The molecular formula is C22H21FS. The van der Waals surface area contributed by atoms with Crippen molar-refractivity contribution < 1.29 is 4.39 Å². The molecule has 2 aromatic carbocycles. The summed E-state index contributed by atoms with van der Waals surface area (Å²) in [6.45, 7) is 4.24. The SMILES string of the molecule is CCC=Cc1ccc(-c2ccc(-c3ccc(CC)cc3)cc2F)s1. The highest BCUT2D eigenvalue weighted by molar-refractivity contribution is 7.16. The van der Waals surface area contributed by atoms with Crippen LogP contribution in [0.4, 0.5) is 4.39 Å². The van der Waals surface area contributed by atoms with E-state index >= 15 is 0 Å². The smallest absolute Gasteiger partial charge is 0.132 e. The van der Waals surface area contributed by atoms with Crippen molar-refractivity contribution in [3.63, 3.8) is 0 Å². The summed E-state index contributed by atoms with van der Waals surface area (Å²) in [6, 6.07) is 17.9. The highest BCUT2D eigenvalue weighted by atomic mass is 32.1. The van der Waals surface area contributed by atoms with Crippen molar-refractivity contribution in [3.8, 4) is 21.6 Å². The van der Waals surface area contributed by atoms with E-state index in [9.17, 15) is 4.39 Å². The largest absolute Gasteiger partial charge is 0.206 e. The first-order valence-electron chi connectivity index (χ1n) is 8.37. The molecule has 1 aromatic heterocycles. The van der Waals surface area contributed by atoms with Gasteiger partial charge in [-0.3, -0.25) is 0 Å². The molecule has 0 aliphatic heterocycles. The summed E-state index contributed by atoms with van der Waals surface area (Å²) in [5, 5.41) is 0. The molecule has 1 heterocycles. The van der Waals surface area contributed by atoms with Crippen LogP contribution in [0.15, 0.2) is 60.7 Å². The third-order valence-electron chi connectivity index (χ3n) is 4.07. The Kier molecular flexibility index (Phi) is 5.27. The Balaban J connectivity index is 1.89. The number of hydrogen-bond donors (Lipinski definition) is 0. The first-order chi connectivity index (χ1) is 11.7. The molecule has 0 saturated heterocycles. The Hall–Kier alpha value is -2.19. The molecule has 0 fully saturated rings. The number of aryl methyl sites for hydroxylation is 1. The minimum atomic E-state index is -0.167. The van der Waals surface area contributed by atoms with E-state index in [0.717, 1.165) is 33.7 Å². The Morgan fingerprint density at radius 3 is 2.33 bits per heavy atom. The van der Waals surface area contributed by atoms with Crippen LogP contribution in [0.2, 0.25) is 0 Å². The number of benzene rings is 2. The molecule has 0 nitrogen and oxygen atoms in total. The molecule has 0 N–H and O–H groups in total. The van der Waals surface area contributed by atoms with Gasteiger partial charge in [0.05, 0.1) is 0 Å². The highest BCUT2D eigenvalue weighted by Gasteiger charge is 2.09. The maximum Gasteiger partial charge on any atom is 0.132 e. The lowest BCUT2D eigenvalue weighted by molar-refractivity contribution is 0.632. The maximum atomic E-state index is 14.6. The van der Waals surface area contributed by atoms with Crippen LogP contribution in [0.3, 0.4) is 0 Å². The summed E-state index contributed by atoms with van der Waals surface area (Å²) in [4.78, 5) is 2.13. The third kappa shape index (κ3) is 3.65. The first kappa shape index (κ1) is 16.7. The van der Waals surface area contributed by atoms with Crippen LogP contribution in [-0.2, 0) is 6.42 Å². The summed E-state index contributed by atoms with van der Waals surface area (Å²) in [6.07, 6.45) is 6.23. The van der Waals surface area contributed by atoms with Gasteiger partial charge in [0.2, 0.25) is 0 Å². The maximum absolute atomic E-state index is 14.6. The van der Waals surface area contributed by atoms with E-state index in [1.807, 2.05) is 24.3 Å². The molecule has 3 rings (SSSR count). The normalized spacial score (nSPS) is 11.3. The molecule has 0 saturated carbocycles. The van der Waals surface area contributed by atoms with Gasteiger partial charge in [-0.15, -0.1) is 11.3 Å².